The first-order valence-electron chi connectivity index (χ1n) is 14.0. The lowest BCUT2D eigenvalue weighted by Crippen LogP contribution is -2.71. The van der Waals surface area contributed by atoms with Crippen LogP contribution < -0.4 is 5.32 Å². The van der Waals surface area contributed by atoms with Crippen LogP contribution in [-0.2, 0) is 12.1 Å². The van der Waals surface area contributed by atoms with E-state index in [9.17, 15) is 22.7 Å². The maximum atomic E-state index is 14.9. The Bertz CT molecular complexity index is 1550. The maximum absolute atomic E-state index is 14.9. The van der Waals surface area contributed by atoms with Gasteiger partial charge in [-0.05, 0) is 75.9 Å². The van der Waals surface area contributed by atoms with E-state index < -0.39 is 17.6 Å². The van der Waals surface area contributed by atoms with Crippen molar-refractivity contribution in [1.82, 2.24) is 14.4 Å². The molecule has 2 heterocycles. The number of aromatic nitrogens is 1. The maximum Gasteiger partial charge on any atom is 0.425 e. The lowest BCUT2D eigenvalue weighted by Gasteiger charge is -2.31. The van der Waals surface area contributed by atoms with Gasteiger partial charge in [0, 0.05) is 66.2 Å². The first-order chi connectivity index (χ1) is 20.0. The van der Waals surface area contributed by atoms with Gasteiger partial charge in [0.1, 0.15) is 17.2 Å². The summed E-state index contributed by atoms with van der Waals surface area (Å²) >= 11 is 0. The zero-order valence-electron chi connectivity index (χ0n) is 23.7. The van der Waals surface area contributed by atoms with Gasteiger partial charge < -0.3 is 24.9 Å². The normalized spacial score (nSPS) is 17.7. The van der Waals surface area contributed by atoms with Gasteiger partial charge in [0.05, 0.1) is 5.56 Å². The first kappa shape index (κ1) is 29.9. The fraction of sp³-hybridized carbons (Fsp3) is 0.344. The summed E-state index contributed by atoms with van der Waals surface area (Å²) in [6.45, 7) is 3.32. The summed E-state index contributed by atoms with van der Waals surface area (Å²) in [5.74, 6) is -0.404. The lowest BCUT2D eigenvalue weighted by atomic mass is 9.84. The van der Waals surface area contributed by atoms with Crippen LogP contribution in [-0.4, -0.2) is 71.6 Å². The van der Waals surface area contributed by atoms with Gasteiger partial charge >= 0.3 is 6.18 Å². The van der Waals surface area contributed by atoms with Gasteiger partial charge in [-0.3, -0.25) is 5.32 Å². The zero-order valence-corrected chi connectivity index (χ0v) is 23.7. The number of halogens is 4. The number of likely N-dealkylation sites (N-methyl/N-ethyl adjacent to an activating group) is 1. The SMILES string of the molecule is CN(C)[C@@H]1CCN(CCCn2cc(C(O)(c3ccc([NH2+]c4ccc(F)cc4)c(C=N)c3)C(F)(F)F)c3ccccc32)C1. The van der Waals surface area contributed by atoms with Crippen LogP contribution in [0.2, 0.25) is 0 Å². The fourth-order valence-corrected chi connectivity index (χ4v) is 5.89. The minimum atomic E-state index is -5.04. The second-order valence-corrected chi connectivity index (χ2v) is 11.2. The number of quaternary nitrogens is 1. The molecule has 4 N–H and O–H groups in total. The molecule has 222 valence electrons. The Morgan fingerprint density at radius 2 is 1.79 bits per heavy atom. The number of fused-ring (bicyclic) bond motifs is 1. The summed E-state index contributed by atoms with van der Waals surface area (Å²) in [5, 5.41) is 21.5. The average molecular weight is 583 g/mol. The van der Waals surface area contributed by atoms with Crippen molar-refractivity contribution in [2.24, 2.45) is 0 Å². The summed E-state index contributed by atoms with van der Waals surface area (Å²) < 4.78 is 59.9. The molecular weight excluding hydrogens is 546 g/mol. The summed E-state index contributed by atoms with van der Waals surface area (Å²) in [5.41, 5.74) is -2.00. The minimum Gasteiger partial charge on any atom is -0.372 e. The third-order valence-electron chi connectivity index (χ3n) is 8.29. The van der Waals surface area contributed by atoms with Crippen LogP contribution in [0.1, 0.15) is 29.5 Å². The molecule has 0 amide bonds. The molecule has 0 aliphatic carbocycles. The topological polar surface area (TPSA) is 72.1 Å². The van der Waals surface area contributed by atoms with Gasteiger partial charge in [0.2, 0.25) is 5.60 Å². The van der Waals surface area contributed by atoms with E-state index in [4.69, 9.17) is 5.41 Å². The van der Waals surface area contributed by atoms with Crippen molar-refractivity contribution < 1.29 is 28.0 Å². The van der Waals surface area contributed by atoms with E-state index in [2.05, 4.69) is 23.9 Å². The van der Waals surface area contributed by atoms with E-state index in [1.165, 1.54) is 36.5 Å². The fourth-order valence-electron chi connectivity index (χ4n) is 5.89. The molecule has 6 nitrogen and oxygen atoms in total. The molecule has 1 unspecified atom stereocenters. The molecule has 10 heteroatoms. The molecule has 42 heavy (non-hydrogen) atoms. The van der Waals surface area contributed by atoms with Gasteiger partial charge in [-0.15, -0.1) is 0 Å². The number of benzene rings is 3. The number of hydrogen-bond acceptors (Lipinski definition) is 4. The standard InChI is InChI=1S/C32H35F4N5O/c1-39(2)26-14-17-40(20-26)15-5-16-41-21-28(27-6-3-4-7-30(27)41)31(42,32(34,35)36)23-8-13-29(22(18-23)19-37)38-25-11-9-24(33)10-12-25/h3-4,6-13,18-19,21,26,37-38,42H,5,14-17,20H2,1-2H3/p+1/t26-,31?/m1/s1. The van der Waals surface area contributed by atoms with E-state index in [-0.39, 0.29) is 16.7 Å². The molecule has 1 fully saturated rings. The van der Waals surface area contributed by atoms with Crippen molar-refractivity contribution in [2.75, 3.05) is 33.7 Å². The molecular formula is C32H36F4N5O+. The van der Waals surface area contributed by atoms with Gasteiger partial charge in [0.15, 0.2) is 0 Å². The Kier molecular flexibility index (Phi) is 8.52. The number of aryl methyl sites for hydroxylation is 1. The molecule has 3 aromatic carbocycles. The zero-order chi connectivity index (χ0) is 30.1. The first-order valence-corrected chi connectivity index (χ1v) is 14.0. The van der Waals surface area contributed by atoms with E-state index in [0.717, 1.165) is 38.7 Å². The van der Waals surface area contributed by atoms with Crippen molar-refractivity contribution in [3.63, 3.8) is 0 Å². The summed E-state index contributed by atoms with van der Waals surface area (Å²) in [6, 6.07) is 16.9. The van der Waals surface area contributed by atoms with E-state index in [0.29, 0.717) is 34.9 Å². The van der Waals surface area contributed by atoms with E-state index in [1.54, 1.807) is 46.3 Å². The number of aliphatic hydroxyl groups is 1. The molecule has 1 aromatic heterocycles. The van der Waals surface area contributed by atoms with Crippen LogP contribution in [0.4, 0.5) is 28.9 Å². The number of para-hydroxylation sites is 1. The molecule has 2 atom stereocenters. The predicted molar refractivity (Wildman–Crippen MR) is 156 cm³/mol. The molecule has 1 aliphatic heterocycles. The molecule has 1 saturated heterocycles. The van der Waals surface area contributed by atoms with Crippen LogP contribution in [0.3, 0.4) is 0 Å². The van der Waals surface area contributed by atoms with E-state index >= 15 is 0 Å². The van der Waals surface area contributed by atoms with Crippen LogP contribution in [0.5, 0.6) is 0 Å². The summed E-state index contributed by atoms with van der Waals surface area (Å²) in [4.78, 5) is 4.60. The molecule has 5 rings (SSSR count). The predicted octanol–water partition coefficient (Wildman–Crippen LogP) is 5.13. The van der Waals surface area contributed by atoms with Gasteiger partial charge in [-0.25, -0.2) is 4.39 Å². The second kappa shape index (κ2) is 12.0. The Labute approximate surface area is 242 Å². The Balaban J connectivity index is 1.47. The van der Waals surface area contributed by atoms with Crippen molar-refractivity contribution in [2.45, 2.75) is 37.2 Å². The molecule has 0 saturated carbocycles. The number of hydrogen-bond donors (Lipinski definition) is 3. The van der Waals surface area contributed by atoms with E-state index in [1.807, 2.05) is 0 Å². The van der Waals surface area contributed by atoms with Crippen molar-refractivity contribution in [3.05, 3.63) is 95.4 Å². The smallest absolute Gasteiger partial charge is 0.372 e. The number of alkyl halides is 3. The Hall–Kier alpha value is -3.57. The summed E-state index contributed by atoms with van der Waals surface area (Å²) in [7, 11) is 4.15. The second-order valence-electron chi connectivity index (χ2n) is 11.2. The molecule has 4 aromatic rings. The van der Waals surface area contributed by atoms with Crippen LogP contribution in [0, 0.1) is 11.2 Å². The number of nitrogens with one attached hydrogen (secondary N) is 1. The quantitative estimate of drug-likeness (QED) is 0.138. The van der Waals surface area contributed by atoms with Crippen molar-refractivity contribution in [3.8, 4) is 0 Å². The van der Waals surface area contributed by atoms with Crippen LogP contribution in [0.15, 0.2) is 72.9 Å². The van der Waals surface area contributed by atoms with Crippen molar-refractivity contribution >= 4 is 28.5 Å². The Morgan fingerprint density at radius 1 is 1.05 bits per heavy atom. The largest absolute Gasteiger partial charge is 0.425 e. The number of rotatable bonds is 10. The average Bonchev–Trinajstić information content (AvgIpc) is 3.59. The highest BCUT2D eigenvalue weighted by molar-refractivity contribution is 5.87. The van der Waals surface area contributed by atoms with Crippen molar-refractivity contribution in [1.29, 1.82) is 5.41 Å². The minimum absolute atomic E-state index is 0.199. The highest BCUT2D eigenvalue weighted by Gasteiger charge is 2.57. The molecule has 0 bridgehead atoms. The van der Waals surface area contributed by atoms with Gasteiger partial charge in [-0.1, -0.05) is 18.2 Å². The Morgan fingerprint density at radius 3 is 2.45 bits per heavy atom. The third kappa shape index (κ3) is 5.85. The van der Waals surface area contributed by atoms with Crippen LogP contribution >= 0.6 is 0 Å². The summed E-state index contributed by atoms with van der Waals surface area (Å²) in [6.07, 6.45) is -0.805. The number of likely N-dealkylation sites (tertiary alicyclic amines) is 1. The van der Waals surface area contributed by atoms with Crippen LogP contribution in [0.25, 0.3) is 10.9 Å². The molecule has 1 aliphatic rings. The van der Waals surface area contributed by atoms with Gasteiger partial charge in [0.25, 0.3) is 0 Å². The van der Waals surface area contributed by atoms with Gasteiger partial charge in [-0.2, -0.15) is 13.2 Å². The molecule has 0 spiro atoms. The monoisotopic (exact) mass is 582 g/mol. The number of nitrogens with two attached hydrogens (primary N) is 1. The highest BCUT2D eigenvalue weighted by atomic mass is 19.4. The molecule has 0 radical (unpaired) electrons. The number of nitrogens with zero attached hydrogens (tertiary/aromatic N) is 3. The highest BCUT2D eigenvalue weighted by Crippen LogP contribution is 2.47. The lowest BCUT2D eigenvalue weighted by molar-refractivity contribution is -0.478. The third-order valence-corrected chi connectivity index (χ3v) is 8.29.